The summed E-state index contributed by atoms with van der Waals surface area (Å²) in [5.74, 6) is 1.48. The molecule has 0 fully saturated rings. The fraction of sp³-hybridized carbons (Fsp3) is 0.357. The molecule has 2 heterocycles. The molecule has 7 heteroatoms. The lowest BCUT2D eigenvalue weighted by Gasteiger charge is -2.08. The first-order valence-electron chi connectivity index (χ1n) is 6.70. The molecule has 0 spiro atoms. The molecule has 2 aromatic rings. The molecule has 2 rings (SSSR count). The highest BCUT2D eigenvalue weighted by atomic mass is 79.9. The first-order valence-corrected chi connectivity index (χ1v) is 8.31. The van der Waals surface area contributed by atoms with Crippen LogP contribution in [0.5, 0.6) is 0 Å². The highest BCUT2D eigenvalue weighted by Gasteiger charge is 2.07. The zero-order valence-electron chi connectivity index (χ0n) is 12.0. The Hall–Kier alpha value is -1.18. The van der Waals surface area contributed by atoms with Crippen LogP contribution >= 0.6 is 27.7 Å². The van der Waals surface area contributed by atoms with E-state index >= 15 is 0 Å². The smallest absolute Gasteiger partial charge is 0.157 e. The molecule has 112 valence electrons. The molecule has 0 saturated carbocycles. The van der Waals surface area contributed by atoms with Gasteiger partial charge in [-0.3, -0.25) is 0 Å². The van der Waals surface area contributed by atoms with Gasteiger partial charge in [0.25, 0.3) is 0 Å². The van der Waals surface area contributed by atoms with Crippen LogP contribution in [0.1, 0.15) is 19.7 Å². The molecule has 0 bridgehead atoms. The molecule has 0 unspecified atom stereocenters. The van der Waals surface area contributed by atoms with Crippen LogP contribution in [0.25, 0.3) is 0 Å². The van der Waals surface area contributed by atoms with E-state index in [-0.39, 0.29) is 0 Å². The number of pyridine rings is 1. The summed E-state index contributed by atoms with van der Waals surface area (Å²) in [6.45, 7) is 5.86. The number of hydrogen-bond acceptors (Lipinski definition) is 6. The van der Waals surface area contributed by atoms with E-state index in [0.717, 1.165) is 26.9 Å². The van der Waals surface area contributed by atoms with Crippen LogP contribution in [0.15, 0.2) is 38.9 Å². The van der Waals surface area contributed by atoms with Crippen LogP contribution in [0, 0.1) is 0 Å². The van der Waals surface area contributed by atoms with Crippen molar-refractivity contribution in [3.8, 4) is 0 Å². The zero-order chi connectivity index (χ0) is 15.1. The van der Waals surface area contributed by atoms with Crippen molar-refractivity contribution in [3.05, 3.63) is 34.7 Å². The van der Waals surface area contributed by atoms with Gasteiger partial charge in [-0.2, -0.15) is 0 Å². The monoisotopic (exact) mass is 368 g/mol. The van der Waals surface area contributed by atoms with Gasteiger partial charge in [-0.05, 0) is 53.7 Å². The zero-order valence-corrected chi connectivity index (χ0v) is 14.4. The van der Waals surface area contributed by atoms with Gasteiger partial charge < -0.3 is 10.1 Å². The lowest BCUT2D eigenvalue weighted by atomic mass is 10.5. The normalized spacial score (nSPS) is 10.6. The molecular formula is C14H17BrN4OS. The molecule has 1 N–H and O–H groups in total. The van der Waals surface area contributed by atoms with Crippen LogP contribution in [0.4, 0.5) is 5.82 Å². The van der Waals surface area contributed by atoms with Gasteiger partial charge in [0.05, 0.1) is 0 Å². The van der Waals surface area contributed by atoms with Crippen LogP contribution in [-0.4, -0.2) is 28.1 Å². The molecule has 0 aromatic carbocycles. The second kappa shape index (κ2) is 8.31. The van der Waals surface area contributed by atoms with Gasteiger partial charge in [-0.25, -0.2) is 15.0 Å². The average molecular weight is 369 g/mol. The molecule has 0 atom stereocenters. The Labute approximate surface area is 137 Å². The van der Waals surface area contributed by atoms with Crippen molar-refractivity contribution in [2.45, 2.75) is 30.5 Å². The third kappa shape index (κ3) is 5.26. The van der Waals surface area contributed by atoms with E-state index in [9.17, 15) is 0 Å². The molecule has 5 nitrogen and oxygen atoms in total. The molecule has 0 saturated heterocycles. The van der Waals surface area contributed by atoms with Crippen molar-refractivity contribution in [1.29, 1.82) is 0 Å². The Morgan fingerprint density at radius 1 is 1.24 bits per heavy atom. The van der Waals surface area contributed by atoms with Crippen molar-refractivity contribution in [3.63, 3.8) is 0 Å². The number of aromatic nitrogens is 3. The number of hydrogen-bond donors (Lipinski definition) is 1. The van der Waals surface area contributed by atoms with Crippen molar-refractivity contribution in [2.75, 3.05) is 18.5 Å². The van der Waals surface area contributed by atoms with E-state index in [1.807, 2.05) is 32.0 Å². The summed E-state index contributed by atoms with van der Waals surface area (Å²) in [4.78, 5) is 13.3. The minimum atomic E-state index is 0.414. The van der Waals surface area contributed by atoms with Crippen molar-refractivity contribution >= 4 is 33.5 Å². The summed E-state index contributed by atoms with van der Waals surface area (Å²) in [5.41, 5.74) is 0. The van der Waals surface area contributed by atoms with E-state index in [2.05, 4.69) is 36.2 Å². The highest BCUT2D eigenvalue weighted by molar-refractivity contribution is 9.10. The number of nitrogens with one attached hydrogen (secondary N) is 1. The fourth-order valence-electron chi connectivity index (χ4n) is 1.58. The maximum Gasteiger partial charge on any atom is 0.157 e. The third-order valence-corrected chi connectivity index (χ3v) is 3.79. The van der Waals surface area contributed by atoms with Crippen LogP contribution < -0.4 is 5.32 Å². The number of rotatable bonds is 7. The van der Waals surface area contributed by atoms with Gasteiger partial charge in [-0.1, -0.05) is 0 Å². The molecule has 21 heavy (non-hydrogen) atoms. The number of anilines is 1. The first kappa shape index (κ1) is 16.2. The van der Waals surface area contributed by atoms with Crippen LogP contribution in [0.3, 0.4) is 0 Å². The molecule has 0 aliphatic carbocycles. The van der Waals surface area contributed by atoms with Crippen LogP contribution in [-0.2, 0) is 11.3 Å². The summed E-state index contributed by atoms with van der Waals surface area (Å²) in [6, 6.07) is 5.84. The average Bonchev–Trinajstić information content (AvgIpc) is 2.48. The van der Waals surface area contributed by atoms with Gasteiger partial charge >= 0.3 is 0 Å². The van der Waals surface area contributed by atoms with Crippen molar-refractivity contribution < 1.29 is 4.74 Å². The Kier molecular flexibility index (Phi) is 6.41. The lowest BCUT2D eigenvalue weighted by molar-refractivity contribution is 0.128. The minimum absolute atomic E-state index is 0.414. The summed E-state index contributed by atoms with van der Waals surface area (Å²) in [6.07, 6.45) is 1.77. The fourth-order valence-corrected chi connectivity index (χ4v) is 2.60. The number of ether oxygens (including phenoxy) is 1. The Balaban J connectivity index is 2.19. The van der Waals surface area contributed by atoms with Crippen molar-refractivity contribution in [2.24, 2.45) is 0 Å². The highest BCUT2D eigenvalue weighted by Crippen LogP contribution is 2.26. The summed E-state index contributed by atoms with van der Waals surface area (Å²) >= 11 is 4.88. The van der Waals surface area contributed by atoms with Gasteiger partial charge in [0.2, 0.25) is 0 Å². The Morgan fingerprint density at radius 3 is 2.76 bits per heavy atom. The summed E-state index contributed by atoms with van der Waals surface area (Å²) < 4.78 is 6.35. The maximum absolute atomic E-state index is 5.39. The Morgan fingerprint density at radius 2 is 2.10 bits per heavy atom. The van der Waals surface area contributed by atoms with Crippen LogP contribution in [0.2, 0.25) is 0 Å². The predicted octanol–water partition coefficient (Wildman–Crippen LogP) is 3.75. The van der Waals surface area contributed by atoms with E-state index in [0.29, 0.717) is 19.0 Å². The standard InChI is InChI=1S/C14H17BrN4OS/c1-3-16-11-7-14(19-12(18-11)9-20-4-2)21-13-6-5-10(15)8-17-13/h5-8H,3-4,9H2,1-2H3,(H,16,18,19). The molecule has 2 aromatic heterocycles. The molecule has 0 aliphatic rings. The molecule has 0 radical (unpaired) electrons. The third-order valence-electron chi connectivity index (χ3n) is 2.45. The maximum atomic E-state index is 5.39. The van der Waals surface area contributed by atoms with Gasteiger partial charge in [-0.15, -0.1) is 0 Å². The van der Waals surface area contributed by atoms with Gasteiger partial charge in [0, 0.05) is 29.9 Å². The summed E-state index contributed by atoms with van der Waals surface area (Å²) in [5, 5.41) is 4.95. The molecule has 0 aliphatic heterocycles. The largest absolute Gasteiger partial charge is 0.374 e. The van der Waals surface area contributed by atoms with E-state index < -0.39 is 0 Å². The van der Waals surface area contributed by atoms with E-state index in [4.69, 9.17) is 4.74 Å². The minimum Gasteiger partial charge on any atom is -0.374 e. The number of nitrogens with zero attached hydrogens (tertiary/aromatic N) is 3. The first-order chi connectivity index (χ1) is 10.2. The van der Waals surface area contributed by atoms with Gasteiger partial charge in [0.15, 0.2) is 5.82 Å². The SMILES string of the molecule is CCNc1cc(Sc2ccc(Br)cn2)nc(COCC)n1. The predicted molar refractivity (Wildman–Crippen MR) is 87.6 cm³/mol. The Bertz CT molecular complexity index is 580. The lowest BCUT2D eigenvalue weighted by Crippen LogP contribution is -2.06. The quantitative estimate of drug-likeness (QED) is 0.750. The van der Waals surface area contributed by atoms with Gasteiger partial charge in [0.1, 0.15) is 22.5 Å². The second-order valence-electron chi connectivity index (χ2n) is 4.09. The molecule has 0 amide bonds. The topological polar surface area (TPSA) is 59.9 Å². The number of halogens is 1. The van der Waals surface area contributed by atoms with Crippen molar-refractivity contribution in [1.82, 2.24) is 15.0 Å². The second-order valence-corrected chi connectivity index (χ2v) is 6.05. The summed E-state index contributed by atoms with van der Waals surface area (Å²) in [7, 11) is 0. The van der Waals surface area contributed by atoms with E-state index in [1.165, 1.54) is 11.8 Å². The van der Waals surface area contributed by atoms with E-state index in [1.54, 1.807) is 6.20 Å². The molecular weight excluding hydrogens is 352 g/mol.